The van der Waals surface area contributed by atoms with Crippen LogP contribution in [0.3, 0.4) is 0 Å². The second-order valence-corrected chi connectivity index (χ2v) is 8.43. The van der Waals surface area contributed by atoms with Gasteiger partial charge in [0.05, 0.1) is 0 Å². The van der Waals surface area contributed by atoms with Crippen LogP contribution in [-0.2, 0) is 13.0 Å². The minimum Gasteiger partial charge on any atom is -0.322 e. The average Bonchev–Trinajstić information content (AvgIpc) is 2.76. The molecule has 1 N–H and O–H groups in total. The van der Waals surface area contributed by atoms with E-state index in [-0.39, 0.29) is 5.91 Å². The fraction of sp³-hybridized carbons (Fsp3) is 0.296. The van der Waals surface area contributed by atoms with Crippen molar-refractivity contribution >= 4 is 11.6 Å². The van der Waals surface area contributed by atoms with Crippen molar-refractivity contribution in [1.82, 2.24) is 4.90 Å². The molecule has 0 atom stereocenters. The van der Waals surface area contributed by atoms with E-state index in [1.807, 2.05) is 43.3 Å². The van der Waals surface area contributed by atoms with Gasteiger partial charge in [-0.3, -0.25) is 9.69 Å². The molecule has 4 rings (SSSR count). The number of likely N-dealkylation sites (tertiary alicyclic amines) is 1. The number of aryl methyl sites for hydroxylation is 1. The van der Waals surface area contributed by atoms with Crippen molar-refractivity contribution < 1.29 is 4.79 Å². The number of hydrogen-bond acceptors (Lipinski definition) is 2. The summed E-state index contributed by atoms with van der Waals surface area (Å²) in [5, 5.41) is 2.98. The van der Waals surface area contributed by atoms with E-state index in [4.69, 9.17) is 0 Å². The number of carbonyl (C=O) groups is 1. The van der Waals surface area contributed by atoms with Crippen molar-refractivity contribution in [3.05, 3.63) is 101 Å². The molecule has 1 saturated heterocycles. The molecule has 0 bridgehead atoms. The first kappa shape index (κ1) is 20.4. The number of piperidine rings is 1. The van der Waals surface area contributed by atoms with Gasteiger partial charge in [-0.2, -0.15) is 0 Å². The molecule has 0 radical (unpaired) electrons. The number of nitrogens with zero attached hydrogens (tertiary/aromatic N) is 1. The zero-order chi connectivity index (χ0) is 20.8. The van der Waals surface area contributed by atoms with Gasteiger partial charge in [0, 0.05) is 17.8 Å². The summed E-state index contributed by atoms with van der Waals surface area (Å²) < 4.78 is 0. The molecule has 3 aromatic carbocycles. The van der Waals surface area contributed by atoms with Crippen LogP contribution >= 0.6 is 0 Å². The number of amides is 1. The first-order chi connectivity index (χ1) is 14.7. The highest BCUT2D eigenvalue weighted by atomic mass is 16.1. The molecule has 1 aliphatic rings. The first-order valence-electron chi connectivity index (χ1n) is 10.9. The Bertz CT molecular complexity index is 958. The maximum atomic E-state index is 12.5. The maximum Gasteiger partial charge on any atom is 0.255 e. The lowest BCUT2D eigenvalue weighted by Gasteiger charge is -2.32. The van der Waals surface area contributed by atoms with E-state index in [1.54, 1.807) is 0 Å². The zero-order valence-corrected chi connectivity index (χ0v) is 17.7. The number of anilines is 1. The largest absolute Gasteiger partial charge is 0.322 e. The predicted molar refractivity (Wildman–Crippen MR) is 124 cm³/mol. The van der Waals surface area contributed by atoms with Gasteiger partial charge in [0.25, 0.3) is 5.91 Å². The first-order valence-corrected chi connectivity index (χ1v) is 10.9. The van der Waals surface area contributed by atoms with Crippen molar-refractivity contribution in [2.24, 2.45) is 5.92 Å². The second kappa shape index (κ2) is 9.73. The third-order valence-corrected chi connectivity index (χ3v) is 5.97. The highest BCUT2D eigenvalue weighted by molar-refractivity contribution is 6.04. The van der Waals surface area contributed by atoms with E-state index in [0.29, 0.717) is 5.56 Å². The summed E-state index contributed by atoms with van der Waals surface area (Å²) in [6.07, 6.45) is 3.71. The summed E-state index contributed by atoms with van der Waals surface area (Å²) in [4.78, 5) is 15.0. The molecule has 3 heteroatoms. The van der Waals surface area contributed by atoms with Crippen molar-refractivity contribution in [2.45, 2.75) is 32.7 Å². The van der Waals surface area contributed by atoms with Crippen LogP contribution in [0.5, 0.6) is 0 Å². The van der Waals surface area contributed by atoms with E-state index in [9.17, 15) is 4.79 Å². The van der Waals surface area contributed by atoms with Crippen LogP contribution in [0.2, 0.25) is 0 Å². The molecular formula is C27H30N2O. The predicted octanol–water partition coefficient (Wildman–Crippen LogP) is 5.70. The lowest BCUT2D eigenvalue weighted by Crippen LogP contribution is -2.33. The van der Waals surface area contributed by atoms with Crippen molar-refractivity contribution in [2.75, 3.05) is 18.4 Å². The van der Waals surface area contributed by atoms with E-state index in [2.05, 4.69) is 52.7 Å². The molecule has 1 heterocycles. The summed E-state index contributed by atoms with van der Waals surface area (Å²) in [5.41, 5.74) is 5.39. The number of carbonyl (C=O) groups excluding carboxylic acids is 1. The second-order valence-electron chi connectivity index (χ2n) is 8.43. The van der Waals surface area contributed by atoms with Crippen LogP contribution in [0, 0.1) is 12.8 Å². The van der Waals surface area contributed by atoms with Gasteiger partial charge in [0.2, 0.25) is 0 Å². The Hall–Kier alpha value is -2.91. The van der Waals surface area contributed by atoms with Gasteiger partial charge in [-0.25, -0.2) is 0 Å². The van der Waals surface area contributed by atoms with Crippen LogP contribution in [0.25, 0.3) is 0 Å². The number of benzene rings is 3. The van der Waals surface area contributed by atoms with Crippen LogP contribution < -0.4 is 5.32 Å². The highest BCUT2D eigenvalue weighted by Crippen LogP contribution is 2.23. The Kier molecular flexibility index (Phi) is 6.60. The quantitative estimate of drug-likeness (QED) is 0.577. The van der Waals surface area contributed by atoms with E-state index >= 15 is 0 Å². The third-order valence-electron chi connectivity index (χ3n) is 5.97. The fourth-order valence-corrected chi connectivity index (χ4v) is 4.24. The van der Waals surface area contributed by atoms with E-state index < -0.39 is 0 Å². The van der Waals surface area contributed by atoms with Gasteiger partial charge in [-0.05, 0) is 86.1 Å². The minimum atomic E-state index is -0.0612. The molecule has 3 aromatic rings. The van der Waals surface area contributed by atoms with E-state index in [0.717, 1.165) is 36.8 Å². The Balaban J connectivity index is 1.26. The summed E-state index contributed by atoms with van der Waals surface area (Å²) in [5.74, 6) is 0.727. The molecule has 30 heavy (non-hydrogen) atoms. The van der Waals surface area contributed by atoms with Gasteiger partial charge in [0.15, 0.2) is 0 Å². The van der Waals surface area contributed by atoms with Crippen molar-refractivity contribution in [3.8, 4) is 0 Å². The van der Waals surface area contributed by atoms with Gasteiger partial charge in [-0.1, -0.05) is 54.6 Å². The third kappa shape index (κ3) is 5.58. The standard InChI is InChI=1S/C27H30N2O/c1-21-6-5-9-26(18-21)28-27(30)25-12-10-24(11-13-25)20-29-16-14-23(15-17-29)19-22-7-3-2-4-8-22/h2-13,18,23H,14-17,19-20H2,1H3,(H,28,30). The molecule has 0 aromatic heterocycles. The molecular weight excluding hydrogens is 368 g/mol. The molecule has 1 fully saturated rings. The van der Waals surface area contributed by atoms with Gasteiger partial charge in [-0.15, -0.1) is 0 Å². The highest BCUT2D eigenvalue weighted by Gasteiger charge is 2.19. The Morgan fingerprint density at radius 1 is 0.900 bits per heavy atom. The maximum absolute atomic E-state index is 12.5. The summed E-state index contributed by atoms with van der Waals surface area (Å²) in [6, 6.07) is 26.7. The number of rotatable bonds is 6. The lowest BCUT2D eigenvalue weighted by molar-refractivity contribution is 0.102. The van der Waals surface area contributed by atoms with E-state index in [1.165, 1.54) is 30.4 Å². The van der Waals surface area contributed by atoms with Crippen LogP contribution in [0.4, 0.5) is 5.69 Å². The van der Waals surface area contributed by atoms with Crippen LogP contribution in [0.1, 0.15) is 39.9 Å². The molecule has 0 saturated carbocycles. The van der Waals surface area contributed by atoms with Gasteiger partial charge >= 0.3 is 0 Å². The van der Waals surface area contributed by atoms with Crippen molar-refractivity contribution in [3.63, 3.8) is 0 Å². The molecule has 1 aliphatic heterocycles. The summed E-state index contributed by atoms with van der Waals surface area (Å²) in [6.45, 7) is 5.27. The molecule has 3 nitrogen and oxygen atoms in total. The fourth-order valence-electron chi connectivity index (χ4n) is 4.24. The lowest BCUT2D eigenvalue weighted by atomic mass is 9.90. The van der Waals surface area contributed by atoms with Crippen LogP contribution in [0.15, 0.2) is 78.9 Å². The molecule has 1 amide bonds. The number of nitrogens with one attached hydrogen (secondary N) is 1. The molecule has 154 valence electrons. The van der Waals surface area contributed by atoms with Crippen molar-refractivity contribution in [1.29, 1.82) is 0 Å². The Morgan fingerprint density at radius 2 is 1.63 bits per heavy atom. The monoisotopic (exact) mass is 398 g/mol. The summed E-state index contributed by atoms with van der Waals surface area (Å²) >= 11 is 0. The van der Waals surface area contributed by atoms with Crippen LogP contribution in [-0.4, -0.2) is 23.9 Å². The Labute approximate surface area is 179 Å². The normalized spacial score (nSPS) is 15.1. The summed E-state index contributed by atoms with van der Waals surface area (Å²) in [7, 11) is 0. The average molecular weight is 399 g/mol. The minimum absolute atomic E-state index is 0.0612. The SMILES string of the molecule is Cc1cccc(NC(=O)c2ccc(CN3CCC(Cc4ccccc4)CC3)cc2)c1. The molecule has 0 aliphatic carbocycles. The number of hydrogen-bond donors (Lipinski definition) is 1. The smallest absolute Gasteiger partial charge is 0.255 e. The Morgan fingerprint density at radius 3 is 2.33 bits per heavy atom. The molecule has 0 unspecified atom stereocenters. The molecule has 0 spiro atoms. The topological polar surface area (TPSA) is 32.3 Å². The van der Waals surface area contributed by atoms with Gasteiger partial charge in [0.1, 0.15) is 0 Å². The zero-order valence-electron chi connectivity index (χ0n) is 17.7. The van der Waals surface area contributed by atoms with Gasteiger partial charge < -0.3 is 5.32 Å².